The minimum Gasteiger partial charge on any atom is -0.342 e. The van der Waals surface area contributed by atoms with Crippen LogP contribution in [-0.4, -0.2) is 27.6 Å². The number of halogens is 1. The molecule has 0 N–H and O–H groups in total. The summed E-state index contributed by atoms with van der Waals surface area (Å²) >= 11 is 0. The molecule has 0 fully saturated rings. The lowest BCUT2D eigenvalue weighted by Gasteiger charge is -2.27. The molecule has 0 bridgehead atoms. The molecule has 6 heteroatoms. The lowest BCUT2D eigenvalue weighted by Crippen LogP contribution is -2.35. The van der Waals surface area contributed by atoms with Gasteiger partial charge in [0.15, 0.2) is 0 Å². The molecule has 0 radical (unpaired) electrons. The van der Waals surface area contributed by atoms with Gasteiger partial charge >= 0.3 is 0 Å². The Balaban J connectivity index is 0. The van der Waals surface area contributed by atoms with Crippen molar-refractivity contribution in [1.29, 1.82) is 0 Å². The Hall–Kier alpha value is -3.02. The lowest BCUT2D eigenvalue weighted by molar-refractivity contribution is 0.622. The zero-order valence-corrected chi connectivity index (χ0v) is 20.0. The van der Waals surface area contributed by atoms with Gasteiger partial charge in [-0.1, -0.05) is 39.8 Å². The normalized spacial score (nSPS) is 10.4. The Kier molecular flexibility index (Phi) is 18.5. The summed E-state index contributed by atoms with van der Waals surface area (Å²) in [5.41, 5.74) is 1.51. The second-order valence-corrected chi connectivity index (χ2v) is 6.19. The predicted octanol–water partition coefficient (Wildman–Crippen LogP) is 6.20. The van der Waals surface area contributed by atoms with Gasteiger partial charge < -0.3 is 4.90 Å². The summed E-state index contributed by atoms with van der Waals surface area (Å²) in [5.74, 6) is 1.02. The molecule has 2 aromatic rings. The molecule has 172 valence electrons. The molecule has 5 nitrogen and oxygen atoms in total. The van der Waals surface area contributed by atoms with Crippen LogP contribution in [0.3, 0.4) is 0 Å². The van der Waals surface area contributed by atoms with Crippen LogP contribution < -0.4 is 10.5 Å². The largest absolute Gasteiger partial charge is 0.342 e. The van der Waals surface area contributed by atoms with Gasteiger partial charge in [0.25, 0.3) is 5.56 Å². The van der Waals surface area contributed by atoms with Gasteiger partial charge in [-0.3, -0.25) is 14.3 Å². The minimum atomic E-state index is -0.0610. The van der Waals surface area contributed by atoms with Crippen molar-refractivity contribution in [3.63, 3.8) is 0 Å². The second-order valence-electron chi connectivity index (χ2n) is 6.19. The molecule has 2 heterocycles. The van der Waals surface area contributed by atoms with Gasteiger partial charge in [-0.15, -0.1) is 19.7 Å². The number of hydrogen-bond acceptors (Lipinski definition) is 4. The van der Waals surface area contributed by atoms with Gasteiger partial charge in [-0.05, 0) is 31.4 Å². The van der Waals surface area contributed by atoms with Gasteiger partial charge in [-0.2, -0.15) is 0 Å². The number of nitrogens with zero attached hydrogens (tertiary/aromatic N) is 4. The molecule has 0 amide bonds. The molecule has 0 aromatic carbocycles. The Morgan fingerprint density at radius 1 is 1.26 bits per heavy atom. The summed E-state index contributed by atoms with van der Waals surface area (Å²) in [4.78, 5) is 23.3. The number of aromatic nitrogens is 3. The van der Waals surface area contributed by atoms with Crippen LogP contribution in [0.2, 0.25) is 0 Å². The molecule has 2 rings (SSSR count). The van der Waals surface area contributed by atoms with Crippen molar-refractivity contribution >= 4 is 5.95 Å². The van der Waals surface area contributed by atoms with Gasteiger partial charge in [-0.25, -0.2) is 9.37 Å². The smallest absolute Gasteiger partial charge is 0.255 e. The predicted molar refractivity (Wildman–Crippen MR) is 133 cm³/mol. The van der Waals surface area contributed by atoms with E-state index in [9.17, 15) is 9.18 Å². The first-order chi connectivity index (χ1) is 15.0. The maximum Gasteiger partial charge on any atom is 0.255 e. The SMILES string of the molecule is C/C=C/F.C=C.C=CC(C)CN(CCC)c1nc(-c2ccncc2)cc(=O)n1C.CC. The van der Waals surface area contributed by atoms with E-state index in [-0.39, 0.29) is 5.56 Å². The van der Waals surface area contributed by atoms with E-state index in [1.807, 2.05) is 32.1 Å². The van der Waals surface area contributed by atoms with Crippen LogP contribution in [-0.2, 0) is 7.05 Å². The van der Waals surface area contributed by atoms with Gasteiger partial charge in [0.2, 0.25) is 5.95 Å². The quantitative estimate of drug-likeness (QED) is 0.491. The van der Waals surface area contributed by atoms with E-state index in [2.05, 4.69) is 43.5 Å². The van der Waals surface area contributed by atoms with Crippen molar-refractivity contribution in [2.24, 2.45) is 13.0 Å². The first kappa shape index (κ1) is 30.2. The van der Waals surface area contributed by atoms with E-state index in [1.165, 1.54) is 6.08 Å². The van der Waals surface area contributed by atoms with E-state index in [0.717, 1.165) is 25.1 Å². The Labute approximate surface area is 187 Å². The molecule has 31 heavy (non-hydrogen) atoms. The Morgan fingerprint density at radius 3 is 2.26 bits per heavy atom. The number of anilines is 1. The van der Waals surface area contributed by atoms with Crippen molar-refractivity contribution in [2.75, 3.05) is 18.0 Å². The summed E-state index contributed by atoms with van der Waals surface area (Å²) in [6.07, 6.45) is 8.15. The van der Waals surface area contributed by atoms with E-state index in [1.54, 1.807) is 37.0 Å². The molecule has 0 saturated carbocycles. The zero-order chi connectivity index (χ0) is 24.2. The van der Waals surface area contributed by atoms with Crippen molar-refractivity contribution in [2.45, 2.75) is 41.0 Å². The second kappa shape index (κ2) is 19.0. The van der Waals surface area contributed by atoms with Gasteiger partial charge in [0.05, 0.1) is 12.0 Å². The first-order valence-corrected chi connectivity index (χ1v) is 10.6. The standard InChI is InChI=1S/C18H24N4O.C3H5F.C2H6.C2H4/c1-5-11-22(13-14(3)6-2)18-20-16(12-17(23)21(18)4)15-7-9-19-10-8-15;1-2-3-4;2*1-2/h6-10,12,14H,2,5,11,13H2,1,3-4H3;2-3H,1H3;1-2H3;1-2H2/b;3-2+;;. The van der Waals surface area contributed by atoms with E-state index >= 15 is 0 Å². The summed E-state index contributed by atoms with van der Waals surface area (Å²) in [6, 6.07) is 5.30. The molecule has 0 spiro atoms. The third kappa shape index (κ3) is 11.1. The molecule has 0 aliphatic rings. The monoisotopic (exact) mass is 430 g/mol. The summed E-state index contributed by atoms with van der Waals surface area (Å²) in [7, 11) is 1.77. The number of allylic oxidation sites excluding steroid dienone is 1. The third-order valence-electron chi connectivity index (χ3n) is 3.90. The van der Waals surface area contributed by atoms with Crippen molar-refractivity contribution < 1.29 is 4.39 Å². The first-order valence-electron chi connectivity index (χ1n) is 10.6. The third-order valence-corrected chi connectivity index (χ3v) is 3.90. The average molecular weight is 431 g/mol. The fourth-order valence-corrected chi connectivity index (χ4v) is 2.45. The Morgan fingerprint density at radius 2 is 1.81 bits per heavy atom. The maximum atomic E-state index is 12.4. The highest BCUT2D eigenvalue weighted by Gasteiger charge is 2.15. The van der Waals surface area contributed by atoms with Crippen molar-refractivity contribution in [3.8, 4) is 11.3 Å². The molecule has 2 aromatic heterocycles. The van der Waals surface area contributed by atoms with Crippen molar-refractivity contribution in [1.82, 2.24) is 14.5 Å². The summed E-state index contributed by atoms with van der Waals surface area (Å²) in [5, 5.41) is 0. The number of pyridine rings is 1. The van der Waals surface area contributed by atoms with Crippen LogP contribution in [0.4, 0.5) is 10.3 Å². The Bertz CT molecular complexity index is 799. The van der Waals surface area contributed by atoms with Crippen LogP contribution in [0, 0.1) is 5.92 Å². The highest BCUT2D eigenvalue weighted by Crippen LogP contribution is 2.19. The maximum absolute atomic E-state index is 12.4. The van der Waals surface area contributed by atoms with Crippen LogP contribution >= 0.6 is 0 Å². The zero-order valence-electron chi connectivity index (χ0n) is 20.0. The van der Waals surface area contributed by atoms with Crippen LogP contribution in [0.25, 0.3) is 11.3 Å². The minimum absolute atomic E-state index is 0.0610. The highest BCUT2D eigenvalue weighted by molar-refractivity contribution is 5.59. The molecule has 1 unspecified atom stereocenters. The van der Waals surface area contributed by atoms with Gasteiger partial charge in [0.1, 0.15) is 0 Å². The summed E-state index contributed by atoms with van der Waals surface area (Å²) in [6.45, 7) is 21.3. The van der Waals surface area contributed by atoms with Crippen LogP contribution in [0.1, 0.15) is 41.0 Å². The van der Waals surface area contributed by atoms with Crippen LogP contribution in [0.15, 0.2) is 73.6 Å². The molecule has 0 saturated heterocycles. The highest BCUT2D eigenvalue weighted by atomic mass is 19.1. The molecule has 0 aliphatic heterocycles. The van der Waals surface area contributed by atoms with E-state index in [4.69, 9.17) is 4.98 Å². The molecule has 0 aliphatic carbocycles. The van der Waals surface area contributed by atoms with Crippen LogP contribution in [0.5, 0.6) is 0 Å². The summed E-state index contributed by atoms with van der Waals surface area (Å²) < 4.78 is 12.1. The lowest BCUT2D eigenvalue weighted by atomic mass is 10.1. The fraction of sp³-hybridized carbons (Fsp3) is 0.400. The van der Waals surface area contributed by atoms with Gasteiger partial charge in [0, 0.05) is 44.2 Å². The van der Waals surface area contributed by atoms with E-state index in [0.29, 0.717) is 23.9 Å². The molecule has 1 atom stereocenters. The topological polar surface area (TPSA) is 51.0 Å². The number of hydrogen-bond donors (Lipinski definition) is 0. The number of rotatable bonds is 7. The fourth-order valence-electron chi connectivity index (χ4n) is 2.45. The molecular weight excluding hydrogens is 391 g/mol. The van der Waals surface area contributed by atoms with E-state index < -0.39 is 0 Å². The average Bonchev–Trinajstić information content (AvgIpc) is 2.83. The molecular formula is C25H39FN4O. The van der Waals surface area contributed by atoms with Crippen molar-refractivity contribution in [3.05, 3.63) is 79.2 Å².